The van der Waals surface area contributed by atoms with Gasteiger partial charge in [-0.2, -0.15) is 0 Å². The van der Waals surface area contributed by atoms with E-state index in [9.17, 15) is 4.79 Å². The molecule has 1 heterocycles. The topological polar surface area (TPSA) is 59.4 Å². The third-order valence-electron chi connectivity index (χ3n) is 2.74. The van der Waals surface area contributed by atoms with Gasteiger partial charge in [-0.15, -0.1) is 0 Å². The third-order valence-corrected chi connectivity index (χ3v) is 5.87. The van der Waals surface area contributed by atoms with Gasteiger partial charge in [0.05, 0.1) is 0 Å². The Bertz CT molecular complexity index is 667. The third kappa shape index (κ3) is 3.96. The number of carboxylic acids is 1. The number of carbonyl (C=O) groups is 1. The zero-order chi connectivity index (χ0) is 15.6. The van der Waals surface area contributed by atoms with Crippen molar-refractivity contribution in [2.75, 3.05) is 6.61 Å². The van der Waals surface area contributed by atoms with E-state index in [1.165, 1.54) is 0 Å². The van der Waals surface area contributed by atoms with Crippen LogP contribution in [0.25, 0.3) is 10.1 Å². The van der Waals surface area contributed by atoms with E-state index in [0.29, 0.717) is 22.7 Å². The average Bonchev–Trinajstić information content (AvgIpc) is 2.79. The van der Waals surface area contributed by atoms with Crippen LogP contribution in [0.2, 0.25) is 0 Å². The van der Waals surface area contributed by atoms with E-state index in [4.69, 9.17) is 9.84 Å². The van der Waals surface area contributed by atoms with E-state index in [2.05, 4.69) is 34.8 Å². The number of carboxylic acid groups (broad SMARTS) is 1. The van der Waals surface area contributed by atoms with Gasteiger partial charge < -0.3 is 0 Å². The maximum absolute atomic E-state index is 11.1. The molecule has 0 amide bonds. The Balaban J connectivity index is 2.27. The molecule has 0 aliphatic rings. The molecule has 2 aromatic rings. The molecular weight excluding hydrogens is 401 g/mol. The normalized spacial score (nSPS) is 10.9. The molecule has 21 heavy (non-hydrogen) atoms. The standard InChI is InChI=1S/C15H16BrNO3Se/c1-8(2)7-20-12-5-4-10(6-11(12)16)14-17-9(3)13(21-14)15(18)19/h4-6,8H,7H2,1-3H3,(H,18,19). The van der Waals surface area contributed by atoms with Gasteiger partial charge in [0, 0.05) is 0 Å². The minimum atomic E-state index is -0.873. The molecule has 2 rings (SSSR count). The van der Waals surface area contributed by atoms with Gasteiger partial charge >= 0.3 is 138 Å². The first-order valence-corrected chi connectivity index (χ1v) is 9.02. The summed E-state index contributed by atoms with van der Waals surface area (Å²) in [5.41, 5.74) is 1.54. The molecule has 4 nitrogen and oxygen atoms in total. The van der Waals surface area contributed by atoms with Gasteiger partial charge in [-0.1, -0.05) is 0 Å². The molecule has 0 radical (unpaired) electrons. The van der Waals surface area contributed by atoms with Crippen molar-refractivity contribution < 1.29 is 14.6 Å². The fourth-order valence-corrected chi connectivity index (χ4v) is 4.11. The molecule has 6 heteroatoms. The van der Waals surface area contributed by atoms with Crippen molar-refractivity contribution in [3.8, 4) is 15.9 Å². The fraction of sp³-hybridized carbons (Fsp3) is 0.333. The van der Waals surface area contributed by atoms with Gasteiger partial charge in [-0.3, -0.25) is 0 Å². The van der Waals surface area contributed by atoms with Crippen LogP contribution in [-0.4, -0.2) is 37.2 Å². The molecule has 0 fully saturated rings. The molecule has 0 unspecified atom stereocenters. The van der Waals surface area contributed by atoms with E-state index in [-0.39, 0.29) is 14.5 Å². The van der Waals surface area contributed by atoms with Crippen molar-refractivity contribution in [1.29, 1.82) is 0 Å². The Hall–Kier alpha value is -1.10. The average molecular weight is 417 g/mol. The molecule has 112 valence electrons. The van der Waals surface area contributed by atoms with Crippen molar-refractivity contribution >= 4 is 36.4 Å². The van der Waals surface area contributed by atoms with Gasteiger partial charge in [0.25, 0.3) is 0 Å². The van der Waals surface area contributed by atoms with Gasteiger partial charge in [0.2, 0.25) is 0 Å². The Labute approximate surface area is 138 Å². The van der Waals surface area contributed by atoms with Crippen molar-refractivity contribution in [1.82, 2.24) is 4.98 Å². The van der Waals surface area contributed by atoms with Crippen molar-refractivity contribution in [3.05, 3.63) is 32.8 Å². The number of rotatable bonds is 5. The summed E-state index contributed by atoms with van der Waals surface area (Å²) in [6.07, 6.45) is 0. The second-order valence-corrected chi connectivity index (χ2v) is 8.04. The molecule has 0 aliphatic carbocycles. The Kier molecular flexibility index (Phi) is 5.25. The number of nitrogens with zero attached hydrogens (tertiary/aromatic N) is 1. The van der Waals surface area contributed by atoms with Crippen LogP contribution in [-0.2, 0) is 0 Å². The molecule has 0 saturated heterocycles. The van der Waals surface area contributed by atoms with E-state index < -0.39 is 5.97 Å². The first kappa shape index (κ1) is 16.3. The van der Waals surface area contributed by atoms with Crippen molar-refractivity contribution in [2.45, 2.75) is 20.8 Å². The summed E-state index contributed by atoms with van der Waals surface area (Å²) in [6, 6.07) is 5.77. The summed E-state index contributed by atoms with van der Waals surface area (Å²) < 4.78 is 7.84. The summed E-state index contributed by atoms with van der Waals surface area (Å²) >= 11 is 3.25. The van der Waals surface area contributed by atoms with Gasteiger partial charge in [-0.25, -0.2) is 0 Å². The SMILES string of the molecule is Cc1nc(-c2ccc(OCC(C)C)c(Br)c2)[se]c1C(=O)O. The molecule has 0 saturated carbocycles. The van der Waals surface area contributed by atoms with E-state index in [1.54, 1.807) is 6.92 Å². The predicted octanol–water partition coefficient (Wildman–Crippen LogP) is 3.61. The molecule has 1 aromatic heterocycles. The Morgan fingerprint density at radius 1 is 1.48 bits per heavy atom. The molecule has 0 spiro atoms. The Morgan fingerprint density at radius 2 is 2.19 bits per heavy atom. The summed E-state index contributed by atoms with van der Waals surface area (Å²) in [5.74, 6) is 0.382. The van der Waals surface area contributed by atoms with Crippen molar-refractivity contribution in [2.24, 2.45) is 5.92 Å². The van der Waals surface area contributed by atoms with E-state index >= 15 is 0 Å². The number of aromatic carboxylic acids is 1. The van der Waals surface area contributed by atoms with Crippen LogP contribution < -0.4 is 4.74 Å². The number of aryl methyl sites for hydroxylation is 1. The monoisotopic (exact) mass is 417 g/mol. The molecule has 1 aromatic carbocycles. The van der Waals surface area contributed by atoms with E-state index in [1.807, 2.05) is 18.2 Å². The van der Waals surface area contributed by atoms with Crippen LogP contribution in [0.4, 0.5) is 0 Å². The van der Waals surface area contributed by atoms with Gasteiger partial charge in [0.15, 0.2) is 0 Å². The molecule has 0 bridgehead atoms. The quantitative estimate of drug-likeness (QED) is 0.756. The summed E-state index contributed by atoms with van der Waals surface area (Å²) in [4.78, 5) is 15.5. The maximum atomic E-state index is 11.1. The number of hydrogen-bond acceptors (Lipinski definition) is 3. The van der Waals surface area contributed by atoms with Crippen molar-refractivity contribution in [3.63, 3.8) is 0 Å². The van der Waals surface area contributed by atoms with Crippen LogP contribution in [0.5, 0.6) is 5.75 Å². The summed E-state index contributed by atoms with van der Waals surface area (Å²) in [6.45, 7) is 6.60. The van der Waals surface area contributed by atoms with Gasteiger partial charge in [-0.05, 0) is 0 Å². The number of benzene rings is 1. The Morgan fingerprint density at radius 3 is 2.71 bits per heavy atom. The zero-order valence-electron chi connectivity index (χ0n) is 12.0. The van der Waals surface area contributed by atoms with Crippen LogP contribution >= 0.6 is 15.9 Å². The number of ether oxygens (including phenoxy) is 1. The van der Waals surface area contributed by atoms with Crippen LogP contribution in [0.15, 0.2) is 22.7 Å². The molecule has 0 atom stereocenters. The first-order valence-electron chi connectivity index (χ1n) is 6.52. The molecule has 0 aliphatic heterocycles. The van der Waals surface area contributed by atoms with Crippen LogP contribution in [0.3, 0.4) is 0 Å². The number of aromatic nitrogens is 1. The molecular formula is C15H16BrNO3Se. The summed E-state index contributed by atoms with van der Waals surface area (Å²) in [7, 11) is 0. The second kappa shape index (κ2) is 6.77. The molecule has 1 N–H and O–H groups in total. The number of halogens is 1. The van der Waals surface area contributed by atoms with Gasteiger partial charge in [0.1, 0.15) is 0 Å². The predicted molar refractivity (Wildman–Crippen MR) is 86.3 cm³/mol. The first-order chi connectivity index (χ1) is 9.88. The number of hydrogen-bond donors (Lipinski definition) is 1. The minimum absolute atomic E-state index is 0.254. The summed E-state index contributed by atoms with van der Waals surface area (Å²) in [5, 5.41) is 9.12. The van der Waals surface area contributed by atoms with Crippen LogP contribution in [0, 0.1) is 12.8 Å². The second-order valence-electron chi connectivity index (χ2n) is 5.09. The zero-order valence-corrected chi connectivity index (χ0v) is 15.3. The fourth-order valence-electron chi connectivity index (χ4n) is 1.73. The van der Waals surface area contributed by atoms with Crippen LogP contribution in [0.1, 0.15) is 28.8 Å². The van der Waals surface area contributed by atoms with E-state index in [0.717, 1.165) is 20.4 Å².